The third-order valence-corrected chi connectivity index (χ3v) is 5.17. The van der Waals surface area contributed by atoms with Crippen molar-refractivity contribution in [1.29, 1.82) is 0 Å². The van der Waals surface area contributed by atoms with E-state index < -0.39 is 0 Å². The van der Waals surface area contributed by atoms with Gasteiger partial charge in [0.2, 0.25) is 0 Å². The van der Waals surface area contributed by atoms with Crippen LogP contribution < -0.4 is 0 Å². The molecule has 0 aromatic rings. The molecule has 112 valence electrons. The van der Waals surface area contributed by atoms with Gasteiger partial charge in [-0.25, -0.2) is 0 Å². The molecule has 2 nitrogen and oxygen atoms in total. The lowest BCUT2D eigenvalue weighted by atomic mass is 9.79. The lowest BCUT2D eigenvalue weighted by molar-refractivity contribution is -0.0422. The van der Waals surface area contributed by atoms with Gasteiger partial charge in [0.25, 0.3) is 0 Å². The van der Waals surface area contributed by atoms with Gasteiger partial charge in [-0.1, -0.05) is 39.5 Å². The van der Waals surface area contributed by atoms with Crippen LogP contribution in [0, 0.1) is 23.7 Å². The molecule has 0 spiro atoms. The Bertz CT molecular complexity index is 250. The Morgan fingerprint density at radius 1 is 1.00 bits per heavy atom. The second kappa shape index (κ2) is 7.64. The predicted octanol–water partition coefficient (Wildman–Crippen LogP) is 4.02. The van der Waals surface area contributed by atoms with Gasteiger partial charge in [-0.15, -0.1) is 0 Å². The molecule has 1 saturated heterocycles. The predicted molar refractivity (Wildman–Crippen MR) is 79.1 cm³/mol. The summed E-state index contributed by atoms with van der Waals surface area (Å²) in [6, 6.07) is 0. The summed E-state index contributed by atoms with van der Waals surface area (Å²) >= 11 is 0. The van der Waals surface area contributed by atoms with Crippen LogP contribution >= 0.6 is 0 Å². The topological polar surface area (TPSA) is 29.5 Å². The van der Waals surface area contributed by atoms with E-state index in [9.17, 15) is 5.11 Å². The highest BCUT2D eigenvalue weighted by Gasteiger charge is 2.25. The summed E-state index contributed by atoms with van der Waals surface area (Å²) in [7, 11) is 0. The fraction of sp³-hybridized carbons (Fsp3) is 1.00. The summed E-state index contributed by atoms with van der Waals surface area (Å²) < 4.78 is 5.25. The molecule has 1 aliphatic carbocycles. The van der Waals surface area contributed by atoms with Crippen molar-refractivity contribution in [2.24, 2.45) is 23.7 Å². The molecule has 1 saturated carbocycles. The molecule has 19 heavy (non-hydrogen) atoms. The van der Waals surface area contributed by atoms with Gasteiger partial charge in [0.15, 0.2) is 0 Å². The van der Waals surface area contributed by atoms with Gasteiger partial charge in [-0.2, -0.15) is 0 Å². The van der Waals surface area contributed by atoms with Crippen molar-refractivity contribution in [1.82, 2.24) is 0 Å². The fourth-order valence-electron chi connectivity index (χ4n) is 3.77. The van der Waals surface area contributed by atoms with E-state index in [0.717, 1.165) is 37.4 Å². The summed E-state index contributed by atoms with van der Waals surface area (Å²) in [4.78, 5) is 0. The Morgan fingerprint density at radius 2 is 1.63 bits per heavy atom. The monoisotopic (exact) mass is 268 g/mol. The van der Waals surface area contributed by atoms with Crippen molar-refractivity contribution < 1.29 is 9.84 Å². The van der Waals surface area contributed by atoms with Crippen molar-refractivity contribution in [3.8, 4) is 0 Å². The maximum atomic E-state index is 10.0. The van der Waals surface area contributed by atoms with E-state index in [1.807, 2.05) is 0 Å². The first-order chi connectivity index (χ1) is 9.15. The van der Waals surface area contributed by atoms with E-state index in [1.165, 1.54) is 44.9 Å². The van der Waals surface area contributed by atoms with E-state index in [0.29, 0.717) is 5.92 Å². The van der Waals surface area contributed by atoms with E-state index in [4.69, 9.17) is 4.74 Å². The van der Waals surface area contributed by atoms with Crippen molar-refractivity contribution in [2.75, 3.05) is 13.2 Å². The molecular weight excluding hydrogens is 236 g/mol. The van der Waals surface area contributed by atoms with Gasteiger partial charge >= 0.3 is 0 Å². The SMILES string of the molecule is CC(CCC(C)C[C@H]1CCCC[C@@H]1O)CC1COC1. The lowest BCUT2D eigenvalue weighted by Gasteiger charge is -2.31. The molecule has 4 atom stereocenters. The van der Waals surface area contributed by atoms with Gasteiger partial charge in [-0.3, -0.25) is 0 Å². The summed E-state index contributed by atoms with van der Waals surface area (Å²) in [6.45, 7) is 6.75. The molecule has 1 aliphatic heterocycles. The van der Waals surface area contributed by atoms with Crippen LogP contribution in [0.4, 0.5) is 0 Å². The third-order valence-electron chi connectivity index (χ3n) is 5.17. The van der Waals surface area contributed by atoms with E-state index in [1.54, 1.807) is 0 Å². The zero-order chi connectivity index (χ0) is 13.7. The highest BCUT2D eigenvalue weighted by Crippen LogP contribution is 2.32. The van der Waals surface area contributed by atoms with Gasteiger partial charge in [0, 0.05) is 5.92 Å². The summed E-state index contributed by atoms with van der Waals surface area (Å²) in [5.41, 5.74) is 0. The normalized spacial score (nSPS) is 31.7. The third kappa shape index (κ3) is 5.07. The summed E-state index contributed by atoms with van der Waals surface area (Å²) in [5.74, 6) is 3.04. The zero-order valence-electron chi connectivity index (χ0n) is 12.8. The van der Waals surface area contributed by atoms with Gasteiger partial charge in [-0.05, 0) is 43.4 Å². The molecule has 0 aromatic heterocycles. The maximum Gasteiger partial charge on any atom is 0.0568 e. The lowest BCUT2D eigenvalue weighted by Crippen LogP contribution is -2.29. The Balaban J connectivity index is 1.58. The van der Waals surface area contributed by atoms with Crippen LogP contribution in [0.15, 0.2) is 0 Å². The molecule has 0 amide bonds. The average Bonchev–Trinajstić information content (AvgIpc) is 2.34. The second-order valence-corrected chi connectivity index (χ2v) is 7.27. The average molecular weight is 268 g/mol. The Kier molecular flexibility index (Phi) is 6.15. The summed E-state index contributed by atoms with van der Waals surface area (Å²) in [5, 5.41) is 10.0. The first kappa shape index (κ1) is 15.3. The number of aliphatic hydroxyl groups excluding tert-OH is 1. The summed E-state index contributed by atoms with van der Waals surface area (Å²) in [6.07, 6.45) is 10.1. The van der Waals surface area contributed by atoms with Crippen LogP contribution in [0.25, 0.3) is 0 Å². The van der Waals surface area contributed by atoms with Gasteiger partial charge in [0.1, 0.15) is 0 Å². The van der Waals surface area contributed by atoms with Crippen LogP contribution in [0.3, 0.4) is 0 Å². The minimum absolute atomic E-state index is 0.0132. The zero-order valence-corrected chi connectivity index (χ0v) is 12.8. The first-order valence-electron chi connectivity index (χ1n) is 8.41. The van der Waals surface area contributed by atoms with Crippen LogP contribution in [-0.4, -0.2) is 24.4 Å². The molecule has 2 unspecified atom stereocenters. The number of ether oxygens (including phenoxy) is 1. The molecule has 1 heterocycles. The van der Waals surface area contributed by atoms with Crippen molar-refractivity contribution >= 4 is 0 Å². The minimum Gasteiger partial charge on any atom is -0.393 e. The molecule has 2 fully saturated rings. The molecule has 0 radical (unpaired) electrons. The van der Waals surface area contributed by atoms with E-state index in [2.05, 4.69) is 13.8 Å². The Morgan fingerprint density at radius 3 is 2.21 bits per heavy atom. The van der Waals surface area contributed by atoms with Crippen molar-refractivity contribution in [3.63, 3.8) is 0 Å². The van der Waals surface area contributed by atoms with Crippen LogP contribution in [0.5, 0.6) is 0 Å². The first-order valence-corrected chi connectivity index (χ1v) is 8.41. The highest BCUT2D eigenvalue weighted by atomic mass is 16.5. The maximum absolute atomic E-state index is 10.0. The second-order valence-electron chi connectivity index (χ2n) is 7.27. The Hall–Kier alpha value is -0.0800. The van der Waals surface area contributed by atoms with Gasteiger partial charge in [0.05, 0.1) is 19.3 Å². The molecule has 2 aliphatic rings. The minimum atomic E-state index is -0.0132. The largest absolute Gasteiger partial charge is 0.393 e. The molecule has 2 heteroatoms. The fourth-order valence-corrected chi connectivity index (χ4v) is 3.77. The molecule has 1 N–H and O–H groups in total. The van der Waals surface area contributed by atoms with E-state index >= 15 is 0 Å². The van der Waals surface area contributed by atoms with Crippen molar-refractivity contribution in [2.45, 2.75) is 71.3 Å². The molecular formula is C17H32O2. The van der Waals surface area contributed by atoms with Crippen LogP contribution in [0.1, 0.15) is 65.2 Å². The Labute approximate surface area is 118 Å². The molecule has 0 aromatic carbocycles. The number of aliphatic hydroxyl groups is 1. The number of rotatable bonds is 7. The van der Waals surface area contributed by atoms with Gasteiger partial charge < -0.3 is 9.84 Å². The van der Waals surface area contributed by atoms with Crippen LogP contribution in [-0.2, 0) is 4.74 Å². The van der Waals surface area contributed by atoms with E-state index in [-0.39, 0.29) is 6.10 Å². The van der Waals surface area contributed by atoms with Crippen LogP contribution in [0.2, 0.25) is 0 Å². The standard InChI is InChI=1S/C17H32O2/c1-13(9-15-11-19-12-15)7-8-14(2)10-16-5-3-4-6-17(16)18/h13-18H,3-12H2,1-2H3/t13?,14?,16-,17+/m1/s1. The molecule has 2 rings (SSSR count). The highest BCUT2D eigenvalue weighted by molar-refractivity contribution is 4.77. The number of hydrogen-bond donors (Lipinski definition) is 1. The smallest absolute Gasteiger partial charge is 0.0568 e. The quantitative estimate of drug-likeness (QED) is 0.756. The molecule has 0 bridgehead atoms. The van der Waals surface area contributed by atoms with Crippen molar-refractivity contribution in [3.05, 3.63) is 0 Å². The number of hydrogen-bond acceptors (Lipinski definition) is 2.